The highest BCUT2D eigenvalue weighted by molar-refractivity contribution is 14.1. The number of benzene rings is 2. The van der Waals surface area contributed by atoms with Gasteiger partial charge in [-0.05, 0) is 144 Å². The molecule has 5 amide bonds. The molecule has 4 fully saturated rings. The van der Waals surface area contributed by atoms with Crippen LogP contribution in [0, 0.1) is 46.0 Å². The zero-order chi connectivity index (χ0) is 104. The molecule has 2 aliphatic carbocycles. The smallest absolute Gasteiger partial charge is 0.411 e. The topological polar surface area (TPSA) is 526 Å². The van der Waals surface area contributed by atoms with Gasteiger partial charge in [0.25, 0.3) is 0 Å². The Kier molecular flexibility index (Phi) is 49.3. The molecule has 3 aromatic rings. The number of nitrogens with one attached hydrogen (secondary N) is 5. The maximum absolute atomic E-state index is 14.7. The number of carbonyl (C=O) groups excluding carboxylic acids is 9. The summed E-state index contributed by atoms with van der Waals surface area (Å²) < 4.78 is 96.8. The van der Waals surface area contributed by atoms with Gasteiger partial charge in [0.05, 0.1) is 143 Å². The first-order valence-corrected chi connectivity index (χ1v) is 53.8. The van der Waals surface area contributed by atoms with Gasteiger partial charge in [-0.3, -0.25) is 43.7 Å². The Morgan fingerprint density at radius 1 is 0.783 bits per heavy atom. The molecule has 0 saturated carbocycles. The van der Waals surface area contributed by atoms with Crippen molar-refractivity contribution in [2.75, 3.05) is 132 Å². The molecule has 5 heterocycles. The molecule has 41 nitrogen and oxygen atoms in total. The number of Topliss-reactive ketones (excluding diaryl/α,β-unsaturated/α-hetero) is 3. The van der Waals surface area contributed by atoms with E-state index in [1.54, 1.807) is 69.6 Å². The predicted octanol–water partition coefficient (Wildman–Crippen LogP) is 7.23. The third kappa shape index (κ3) is 34.1. The number of hydroxylamine groups is 1. The third-order valence-corrected chi connectivity index (χ3v) is 31.5. The number of hydrogen-bond acceptors (Lipinski definition) is 40. The van der Waals surface area contributed by atoms with Crippen LogP contribution < -0.4 is 41.0 Å². The Labute approximate surface area is 867 Å². The standard InChI is InChI=1S/C96H136IN9O32S5/c1-17-105(70(113)49-98-93(119)132-50-58-28-30-59(31-29-58)99-87(117)54(4)45-64(110)76(53(2)3)100-69(112)27-24-36-106-89(140-16)88(139-15)102-104-106)62-51-130-71(47-67(62)122-10)136-85-80(115)77(103-138-72-46-63(109)68(52-131-72)142-90(118)73-55(5)75(97)83(86(125-13)82(73)123-11)137-91-81(116)84(124-12)79(114)57(7)134-91)56(6)133-92(85)135-66-26-20-18-19-22-34-96(121)48-65(111)78(101-94(120)126-14)74(66)61(96)33-44-141-143-95(8,9)35-32-60(108)25-21-23-38-127-40-42-129-43-41-128-39-37-107/h18-19,28-31,33,53-54,56-57,62-63,66-68,71-72,76-77,79-81,84-85,91-92,103,107,109,114-116,121H,17,21,23-25,27,32,35-52H2,1-16H3,(H,98,119)(H,99,117)(H,100,112)(H,101,120)/b19-18-,61-33?/t54-,56?,57?,62?,63?,66+,67?,68?,71?,72?,76+,77?,79?,80?,81?,84?,85?,91?,92?,96+/m1/s1. The summed E-state index contributed by atoms with van der Waals surface area (Å²) in [6.45, 7) is 17.3. The van der Waals surface area contributed by atoms with Gasteiger partial charge in [-0.2, -0.15) is 5.48 Å². The fourth-order valence-corrected chi connectivity index (χ4v) is 21.9. The number of anilines is 1. The number of likely N-dealkylation sites (N-methyl/N-ethyl adjacent to an activating group) is 1. The van der Waals surface area contributed by atoms with E-state index in [4.69, 9.17) is 85.7 Å². The molecule has 6 aliphatic rings. The second-order valence-corrected chi connectivity index (χ2v) is 42.2. The number of thioether (sulfide) groups is 3. The van der Waals surface area contributed by atoms with Crippen molar-refractivity contribution in [2.24, 2.45) is 11.8 Å². The van der Waals surface area contributed by atoms with Crippen LogP contribution in [0.25, 0.3) is 0 Å². The number of methoxy groups -OCH3 is 5. The van der Waals surface area contributed by atoms with Crippen LogP contribution in [0.2, 0.25) is 0 Å². The highest BCUT2D eigenvalue weighted by Gasteiger charge is 2.53. The van der Waals surface area contributed by atoms with Crippen LogP contribution in [0.4, 0.5) is 15.3 Å². The zero-order valence-electron chi connectivity index (χ0n) is 83.3. The fraction of sp³-hybridized carbons (Fsp3) is 0.656. The first-order valence-electron chi connectivity index (χ1n) is 47.1. The van der Waals surface area contributed by atoms with E-state index in [9.17, 15) is 68.7 Å². The molecule has 2 bridgehead atoms. The van der Waals surface area contributed by atoms with Crippen molar-refractivity contribution in [3.05, 3.63) is 79.6 Å². The highest BCUT2D eigenvalue weighted by atomic mass is 127. The van der Waals surface area contributed by atoms with Crippen LogP contribution >= 0.6 is 79.5 Å². The number of aliphatic hydroxyl groups excluding tert-OH is 5. The van der Waals surface area contributed by atoms with Crippen LogP contribution in [-0.4, -0.2) is 349 Å². The molecule has 20 atom stereocenters. The number of aryl methyl sites for hydroxylation is 1. The fourth-order valence-electron chi connectivity index (χ4n) is 16.4. The lowest BCUT2D eigenvalue weighted by molar-refractivity contribution is -0.336. The molecule has 16 unspecified atom stereocenters. The molecular weight excluding hydrogens is 2080 g/mol. The molecule has 794 valence electrons. The number of rotatable bonds is 55. The Hall–Kier alpha value is -7.33. The highest BCUT2D eigenvalue weighted by Crippen LogP contribution is 2.50. The Morgan fingerprint density at radius 2 is 1.48 bits per heavy atom. The lowest BCUT2D eigenvalue weighted by atomic mass is 9.75. The Morgan fingerprint density at radius 3 is 2.15 bits per heavy atom. The molecule has 4 aliphatic heterocycles. The van der Waals surface area contributed by atoms with Gasteiger partial charge in [0, 0.05) is 106 Å². The monoisotopic (exact) mass is 2210 g/mol. The number of allylic oxidation sites excluding steroid dienone is 3. The average molecular weight is 2220 g/mol. The summed E-state index contributed by atoms with van der Waals surface area (Å²) in [5.74, 6) is 8.43. The van der Waals surface area contributed by atoms with E-state index in [0.717, 1.165) is 28.9 Å². The number of aromatic nitrogens is 3. The quantitative estimate of drug-likeness (QED) is 0.00663. The zero-order valence-corrected chi connectivity index (χ0v) is 89.5. The second-order valence-electron chi connectivity index (χ2n) is 35.3. The van der Waals surface area contributed by atoms with Crippen molar-refractivity contribution < 1.29 is 154 Å². The van der Waals surface area contributed by atoms with Crippen LogP contribution in [-0.2, 0) is 108 Å². The lowest BCUT2D eigenvalue weighted by Crippen LogP contribution is -2.65. The number of aliphatic hydroxyl groups is 6. The summed E-state index contributed by atoms with van der Waals surface area (Å²) in [6, 6.07) is 3.55. The predicted molar refractivity (Wildman–Crippen MR) is 539 cm³/mol. The minimum Gasteiger partial charge on any atom is -0.492 e. The Balaban J connectivity index is 0.872. The molecule has 0 radical (unpaired) electrons. The summed E-state index contributed by atoms with van der Waals surface area (Å²) in [7, 11) is 9.38. The van der Waals surface area contributed by atoms with Crippen LogP contribution in [0.1, 0.15) is 148 Å². The van der Waals surface area contributed by atoms with Gasteiger partial charge >= 0.3 is 12.2 Å². The first kappa shape index (κ1) is 119. The van der Waals surface area contributed by atoms with E-state index < -0.39 is 174 Å². The number of ether oxygens (including phenoxy) is 16. The number of unbranched alkanes of at least 4 members (excludes halogenated alkanes) is 1. The third-order valence-electron chi connectivity index (χ3n) is 24.2. The number of hydrogen-bond donors (Lipinski definition) is 11. The lowest BCUT2D eigenvalue weighted by Gasteiger charge is -2.47. The molecule has 1 aromatic heterocycles. The van der Waals surface area contributed by atoms with Crippen molar-refractivity contribution in [3.63, 3.8) is 0 Å². The van der Waals surface area contributed by atoms with Gasteiger partial charge in [0.2, 0.25) is 34.9 Å². The van der Waals surface area contributed by atoms with E-state index in [2.05, 4.69) is 60.7 Å². The maximum atomic E-state index is 14.7. The summed E-state index contributed by atoms with van der Waals surface area (Å²) in [5, 5.41) is 87.8. The van der Waals surface area contributed by atoms with Gasteiger partial charge in [-0.1, -0.05) is 101 Å². The van der Waals surface area contributed by atoms with Crippen molar-refractivity contribution >= 4 is 138 Å². The Bertz CT molecular complexity index is 4980. The number of nitrogens with zero attached hydrogens (tertiary/aromatic N) is 4. The van der Waals surface area contributed by atoms with Crippen LogP contribution in [0.3, 0.4) is 0 Å². The normalized spacial score (nSPS) is 25.8. The summed E-state index contributed by atoms with van der Waals surface area (Å²) in [5.41, 5.74) is 1.50. The van der Waals surface area contributed by atoms with Crippen LogP contribution in [0.15, 0.2) is 69.4 Å². The number of fused-ring (bicyclic) bond motifs is 2. The number of carbonyl (C=O) groups is 9. The van der Waals surface area contributed by atoms with E-state index in [1.807, 2.05) is 62.8 Å². The number of alkyl carbamates (subject to hydrolysis) is 2. The van der Waals surface area contributed by atoms with Crippen molar-refractivity contribution in [3.8, 4) is 40.9 Å². The van der Waals surface area contributed by atoms with Crippen molar-refractivity contribution in [1.82, 2.24) is 41.3 Å². The molecule has 47 heteroatoms. The SMILES string of the molecule is CCN(C(=O)CNC(=O)OCc1ccc(NC(=O)[C@H](C)CC(=O)[C@@H](NC(=O)CCCn2nnc(SC)c2SC)C(C)C)cc1)C1COC(OC2C(O[C@H]3C#C/C=C\C#C[C@]4(O)CC(=O)C(NC(=O)OC)=C3C4=CCSSC(C)(C)CCC(=O)CCCCOCCOCCOCCO)OC(C)C(NOC3CC(O)C(SC(=O)c4c(C)c(I)c(OC5OC(C)C(O)C(OC)C5O)c(OC)c4OC)CO3)C2O)CC1OC. The van der Waals surface area contributed by atoms with Gasteiger partial charge in [0.15, 0.2) is 52.6 Å². The summed E-state index contributed by atoms with van der Waals surface area (Å²) in [6.07, 6.45) is -10.3. The largest absolute Gasteiger partial charge is 0.492 e. The molecule has 143 heavy (non-hydrogen) atoms. The first-order chi connectivity index (χ1) is 68.4. The number of halogens is 1. The maximum Gasteiger partial charge on any atom is 0.411 e. The van der Waals surface area contributed by atoms with Gasteiger partial charge < -0.3 is 127 Å². The van der Waals surface area contributed by atoms with E-state index in [0.29, 0.717) is 98.5 Å². The van der Waals surface area contributed by atoms with Crippen molar-refractivity contribution in [1.29, 1.82) is 0 Å². The average Bonchev–Trinajstić information content (AvgIpc) is 0.892. The van der Waals surface area contributed by atoms with E-state index >= 15 is 0 Å². The minimum absolute atomic E-state index is 0.0138. The van der Waals surface area contributed by atoms with E-state index in [1.165, 1.54) is 90.6 Å². The molecular formula is C96H136IN9O32S5. The van der Waals surface area contributed by atoms with Crippen LogP contribution in [0.5, 0.6) is 17.2 Å². The molecule has 2 aromatic carbocycles. The molecule has 9 rings (SSSR count). The molecule has 0 spiro atoms. The summed E-state index contributed by atoms with van der Waals surface area (Å²) in [4.78, 5) is 131. The second kappa shape index (κ2) is 59.2. The van der Waals surface area contributed by atoms with Crippen molar-refractivity contribution in [2.45, 2.75) is 276 Å². The van der Waals surface area contributed by atoms with Gasteiger partial charge in [-0.15, -0.1) is 28.6 Å². The minimum atomic E-state index is -2.25. The number of amides is 5. The van der Waals surface area contributed by atoms with Gasteiger partial charge in [0.1, 0.15) is 60.6 Å². The molecule has 11 N–H and O–H groups in total. The van der Waals surface area contributed by atoms with E-state index in [-0.39, 0.29) is 134 Å². The number of ketones is 3. The summed E-state index contributed by atoms with van der Waals surface area (Å²) >= 11 is 5.74. The van der Waals surface area contributed by atoms with Gasteiger partial charge in [-0.25, -0.2) is 14.3 Å². The molecule has 4 saturated heterocycles.